The number of aliphatic imine (C=N–C) groups is 1. The number of rotatable bonds is 1. The van der Waals surface area contributed by atoms with Crippen LogP contribution >= 0.6 is 0 Å². The molecule has 38 heavy (non-hydrogen) atoms. The van der Waals surface area contributed by atoms with Gasteiger partial charge in [-0.25, -0.2) is 0 Å². The van der Waals surface area contributed by atoms with Crippen LogP contribution in [0.5, 0.6) is 5.75 Å². The minimum absolute atomic E-state index is 0.104. The highest BCUT2D eigenvalue weighted by molar-refractivity contribution is 5.97. The molecule has 4 heteroatoms. The summed E-state index contributed by atoms with van der Waals surface area (Å²) in [7, 11) is 0. The first-order valence-electron chi connectivity index (χ1n) is 13.3. The smallest absolute Gasteiger partial charge is 0.143 e. The third-order valence-corrected chi connectivity index (χ3v) is 7.22. The summed E-state index contributed by atoms with van der Waals surface area (Å²) in [5.74, 6) is 0.918. The lowest BCUT2D eigenvalue weighted by Gasteiger charge is -2.38. The van der Waals surface area contributed by atoms with Crippen LogP contribution in [0.4, 0.5) is 28.4 Å². The van der Waals surface area contributed by atoms with Crippen LogP contribution in [0.2, 0.25) is 0 Å². The molecule has 6 rings (SSSR count). The topological polar surface area (TPSA) is 28.1 Å². The molecular formula is C34H35N3O. The molecule has 0 aromatic heterocycles. The van der Waals surface area contributed by atoms with Crippen LogP contribution in [0.25, 0.3) is 11.1 Å². The lowest BCUT2D eigenvalue weighted by atomic mass is 9.96. The molecule has 4 aromatic carbocycles. The van der Waals surface area contributed by atoms with Crippen LogP contribution in [0.15, 0.2) is 89.9 Å². The lowest BCUT2D eigenvalue weighted by Crippen LogP contribution is -2.38. The molecule has 2 aliphatic heterocycles. The monoisotopic (exact) mass is 501 g/mol. The van der Waals surface area contributed by atoms with Crippen molar-refractivity contribution in [2.24, 2.45) is 4.99 Å². The quantitative estimate of drug-likeness (QED) is 0.260. The maximum Gasteiger partial charge on any atom is 0.143 e. The largest absolute Gasteiger partial charge is 0.487 e. The molecule has 0 saturated carbocycles. The van der Waals surface area contributed by atoms with Gasteiger partial charge in [0.25, 0.3) is 0 Å². The fourth-order valence-corrected chi connectivity index (χ4v) is 5.66. The van der Waals surface area contributed by atoms with Crippen LogP contribution in [-0.4, -0.2) is 17.3 Å². The highest BCUT2D eigenvalue weighted by Crippen LogP contribution is 2.46. The van der Waals surface area contributed by atoms with Crippen LogP contribution in [0.1, 0.15) is 52.7 Å². The van der Waals surface area contributed by atoms with Crippen molar-refractivity contribution in [2.45, 2.75) is 59.2 Å². The Labute approximate surface area is 226 Å². The first kappa shape index (κ1) is 24.3. The van der Waals surface area contributed by atoms with E-state index in [1.807, 2.05) is 12.3 Å². The second kappa shape index (κ2) is 8.76. The maximum absolute atomic E-state index is 6.31. The number of benzene rings is 4. The van der Waals surface area contributed by atoms with E-state index in [-0.39, 0.29) is 11.1 Å². The molecule has 0 bridgehead atoms. The molecule has 0 N–H and O–H groups in total. The number of hydrogen-bond donors (Lipinski definition) is 0. The third-order valence-electron chi connectivity index (χ3n) is 7.22. The predicted molar refractivity (Wildman–Crippen MR) is 160 cm³/mol. The van der Waals surface area contributed by atoms with Crippen molar-refractivity contribution in [1.82, 2.24) is 0 Å². The van der Waals surface area contributed by atoms with Gasteiger partial charge in [-0.05, 0) is 95.1 Å². The Kier molecular flexibility index (Phi) is 5.60. The minimum atomic E-state index is -0.107. The molecule has 4 nitrogen and oxygen atoms in total. The van der Waals surface area contributed by atoms with E-state index in [1.54, 1.807) is 0 Å². The Hall–Kier alpha value is -4.05. The van der Waals surface area contributed by atoms with Gasteiger partial charge in [0.15, 0.2) is 0 Å². The number of fused-ring (bicyclic) bond motifs is 4. The maximum atomic E-state index is 6.31. The lowest BCUT2D eigenvalue weighted by molar-refractivity contribution is 0.310. The number of para-hydroxylation sites is 3. The molecule has 0 saturated heterocycles. The van der Waals surface area contributed by atoms with Crippen molar-refractivity contribution >= 4 is 34.7 Å². The van der Waals surface area contributed by atoms with Crippen molar-refractivity contribution in [1.29, 1.82) is 0 Å². The Morgan fingerprint density at radius 1 is 0.632 bits per heavy atom. The van der Waals surface area contributed by atoms with E-state index in [4.69, 9.17) is 9.73 Å². The summed E-state index contributed by atoms with van der Waals surface area (Å²) in [4.78, 5) is 9.75. The SMILES string of the molecule is CC(C)(C)N1c2ccccc2C=Nc2cc(-c3ccc4c(c3)COc3ccccc3N4C(C)(C)C)ccc21. The van der Waals surface area contributed by atoms with Gasteiger partial charge in [0.1, 0.15) is 12.4 Å². The van der Waals surface area contributed by atoms with Crippen LogP contribution in [-0.2, 0) is 6.61 Å². The summed E-state index contributed by atoms with van der Waals surface area (Å²) in [6.45, 7) is 14.0. The average molecular weight is 502 g/mol. The molecule has 0 amide bonds. The zero-order valence-electron chi connectivity index (χ0n) is 23.1. The highest BCUT2D eigenvalue weighted by Gasteiger charge is 2.31. The summed E-state index contributed by atoms with van der Waals surface area (Å²) in [6.07, 6.45) is 1.99. The summed E-state index contributed by atoms with van der Waals surface area (Å²) in [5.41, 5.74) is 9.97. The molecule has 0 radical (unpaired) electrons. The summed E-state index contributed by atoms with van der Waals surface area (Å²) in [5, 5.41) is 0. The van der Waals surface area contributed by atoms with Gasteiger partial charge >= 0.3 is 0 Å². The molecule has 2 heterocycles. The van der Waals surface area contributed by atoms with Crippen molar-refractivity contribution in [3.63, 3.8) is 0 Å². The van der Waals surface area contributed by atoms with E-state index in [9.17, 15) is 0 Å². The van der Waals surface area contributed by atoms with E-state index in [1.165, 1.54) is 16.9 Å². The molecule has 0 atom stereocenters. The first-order chi connectivity index (χ1) is 18.1. The Bertz CT molecular complexity index is 1550. The minimum Gasteiger partial charge on any atom is -0.487 e. The van der Waals surface area contributed by atoms with Gasteiger partial charge in [-0.15, -0.1) is 0 Å². The van der Waals surface area contributed by atoms with Crippen LogP contribution in [0, 0.1) is 0 Å². The van der Waals surface area contributed by atoms with Gasteiger partial charge < -0.3 is 14.5 Å². The first-order valence-corrected chi connectivity index (χ1v) is 13.3. The Balaban J connectivity index is 1.45. The zero-order chi connectivity index (χ0) is 26.7. The molecule has 0 aliphatic carbocycles. The molecule has 2 aliphatic rings. The van der Waals surface area contributed by atoms with Crippen molar-refractivity contribution in [3.05, 3.63) is 96.1 Å². The predicted octanol–water partition coefficient (Wildman–Crippen LogP) is 9.18. The Morgan fingerprint density at radius 2 is 1.24 bits per heavy atom. The molecule has 0 spiro atoms. The second-order valence-corrected chi connectivity index (χ2v) is 12.1. The highest BCUT2D eigenvalue weighted by atomic mass is 16.5. The standard InChI is InChI=1S/C34H35N3O/c1-33(2,3)36-28-12-8-7-11-25(28)21-35-27-20-24(16-18-30(27)36)23-15-17-29-26(19-23)22-38-32-14-10-9-13-31(32)37(29)34(4,5)6/h7-21H,22H2,1-6H3. The normalized spacial score (nSPS) is 14.5. The summed E-state index contributed by atoms with van der Waals surface area (Å²) < 4.78 is 6.31. The van der Waals surface area contributed by atoms with Crippen molar-refractivity contribution in [3.8, 4) is 16.9 Å². The Morgan fingerprint density at radius 3 is 1.97 bits per heavy atom. The van der Waals surface area contributed by atoms with Gasteiger partial charge in [-0.2, -0.15) is 0 Å². The fraction of sp³-hybridized carbons (Fsp3) is 0.265. The van der Waals surface area contributed by atoms with E-state index >= 15 is 0 Å². The fourth-order valence-electron chi connectivity index (χ4n) is 5.66. The molecule has 0 unspecified atom stereocenters. The van der Waals surface area contributed by atoms with Gasteiger partial charge in [0, 0.05) is 34.1 Å². The van der Waals surface area contributed by atoms with Gasteiger partial charge in [-0.1, -0.05) is 42.5 Å². The molecule has 4 aromatic rings. The number of nitrogens with zero attached hydrogens (tertiary/aromatic N) is 3. The molecule has 192 valence electrons. The summed E-state index contributed by atoms with van der Waals surface area (Å²) in [6, 6.07) is 30.2. The van der Waals surface area contributed by atoms with Crippen molar-refractivity contribution in [2.75, 3.05) is 9.80 Å². The van der Waals surface area contributed by atoms with Crippen molar-refractivity contribution < 1.29 is 4.74 Å². The van der Waals surface area contributed by atoms with E-state index in [0.717, 1.165) is 39.5 Å². The number of hydrogen-bond acceptors (Lipinski definition) is 4. The number of anilines is 4. The molecule has 0 fully saturated rings. The van der Waals surface area contributed by atoms with Crippen LogP contribution < -0.4 is 14.5 Å². The number of ether oxygens (including phenoxy) is 1. The second-order valence-electron chi connectivity index (χ2n) is 12.1. The van der Waals surface area contributed by atoms with Gasteiger partial charge in [0.05, 0.1) is 22.7 Å². The molecular weight excluding hydrogens is 466 g/mol. The van der Waals surface area contributed by atoms with E-state index in [0.29, 0.717) is 6.61 Å². The van der Waals surface area contributed by atoms with E-state index in [2.05, 4.69) is 130 Å². The van der Waals surface area contributed by atoms with Gasteiger partial charge in [0.2, 0.25) is 0 Å². The average Bonchev–Trinajstić information content (AvgIpc) is 3.15. The van der Waals surface area contributed by atoms with E-state index < -0.39 is 0 Å². The summed E-state index contributed by atoms with van der Waals surface area (Å²) >= 11 is 0. The van der Waals surface area contributed by atoms with Crippen LogP contribution in [0.3, 0.4) is 0 Å². The third kappa shape index (κ3) is 4.14. The van der Waals surface area contributed by atoms with Gasteiger partial charge in [-0.3, -0.25) is 4.99 Å². The zero-order valence-corrected chi connectivity index (χ0v) is 23.1.